The molecular weight excluding hydrogens is 526 g/mol. The minimum Gasteiger partial charge on any atom is -0.477 e. The fourth-order valence-electron chi connectivity index (χ4n) is 4.24. The van der Waals surface area contributed by atoms with E-state index in [1.165, 1.54) is 64.2 Å². The number of rotatable bonds is 29. The topological polar surface area (TPSA) is 108 Å². The van der Waals surface area contributed by atoms with Crippen LogP contribution >= 0.6 is 0 Å². The van der Waals surface area contributed by atoms with Gasteiger partial charge in [0, 0.05) is 12.8 Å². The molecule has 0 aromatic rings. The zero-order valence-corrected chi connectivity index (χ0v) is 27.0. The van der Waals surface area contributed by atoms with Crippen LogP contribution in [0.4, 0.5) is 0 Å². The smallest absolute Gasteiger partial charge is 0.361 e. The standard InChI is InChI=1S/C32H61NO8/c1-6-8-10-12-14-16-18-20-22-29(34)39-26-28(27-40-32(31(36)37)38-25-24-33(3,4)5)41-30(35)23-21-19-17-15-13-11-9-7-2/h28,32H,6-27H2,1-5H3/p+1. The Morgan fingerprint density at radius 2 is 1.10 bits per heavy atom. The summed E-state index contributed by atoms with van der Waals surface area (Å²) in [5.74, 6) is -2.02. The van der Waals surface area contributed by atoms with Crippen molar-refractivity contribution in [2.24, 2.45) is 0 Å². The molecule has 0 aliphatic heterocycles. The van der Waals surface area contributed by atoms with Gasteiger partial charge in [-0.3, -0.25) is 9.59 Å². The number of carboxylic acid groups (broad SMARTS) is 1. The molecule has 0 saturated carbocycles. The van der Waals surface area contributed by atoms with Crippen LogP contribution in [-0.2, 0) is 33.3 Å². The predicted molar refractivity (Wildman–Crippen MR) is 162 cm³/mol. The fraction of sp³-hybridized carbons (Fsp3) is 0.906. The maximum absolute atomic E-state index is 12.5. The van der Waals surface area contributed by atoms with Gasteiger partial charge in [-0.05, 0) is 12.8 Å². The Balaban J connectivity index is 4.64. The summed E-state index contributed by atoms with van der Waals surface area (Å²) in [6.45, 7) is 4.77. The zero-order chi connectivity index (χ0) is 30.8. The van der Waals surface area contributed by atoms with Gasteiger partial charge in [0.05, 0.1) is 34.4 Å². The van der Waals surface area contributed by atoms with Crippen molar-refractivity contribution >= 4 is 17.9 Å². The van der Waals surface area contributed by atoms with Crippen molar-refractivity contribution in [2.75, 3.05) is 47.5 Å². The van der Waals surface area contributed by atoms with E-state index in [2.05, 4.69) is 13.8 Å². The molecule has 0 aliphatic rings. The Labute approximate surface area is 250 Å². The summed E-state index contributed by atoms with van der Waals surface area (Å²) in [5, 5.41) is 9.50. The molecule has 2 atom stereocenters. The Morgan fingerprint density at radius 3 is 1.56 bits per heavy atom. The SMILES string of the molecule is CCCCCCCCCCC(=O)OCC(COC(OCC[N+](C)(C)C)C(=O)O)OC(=O)CCCCCCCCCC. The highest BCUT2D eigenvalue weighted by molar-refractivity contribution is 5.71. The number of hydrogen-bond acceptors (Lipinski definition) is 7. The lowest BCUT2D eigenvalue weighted by molar-refractivity contribution is -0.870. The van der Waals surface area contributed by atoms with E-state index in [9.17, 15) is 19.5 Å². The summed E-state index contributed by atoms with van der Waals surface area (Å²) in [6.07, 6.45) is 16.1. The van der Waals surface area contributed by atoms with Crippen molar-refractivity contribution in [1.82, 2.24) is 0 Å². The fourth-order valence-corrected chi connectivity index (χ4v) is 4.24. The molecule has 0 saturated heterocycles. The molecule has 0 heterocycles. The second-order valence-corrected chi connectivity index (χ2v) is 12.1. The summed E-state index contributed by atoms with van der Waals surface area (Å²) in [4.78, 5) is 36.4. The molecule has 0 radical (unpaired) electrons. The second-order valence-electron chi connectivity index (χ2n) is 12.1. The number of ether oxygens (including phenoxy) is 4. The molecule has 0 aromatic carbocycles. The summed E-state index contributed by atoms with van der Waals surface area (Å²) < 4.78 is 22.4. The van der Waals surface area contributed by atoms with E-state index >= 15 is 0 Å². The van der Waals surface area contributed by atoms with Crippen molar-refractivity contribution in [3.8, 4) is 0 Å². The number of likely N-dealkylation sites (N-methyl/N-ethyl adjacent to an activating group) is 1. The van der Waals surface area contributed by atoms with Crippen molar-refractivity contribution < 1.29 is 42.9 Å². The number of esters is 2. The summed E-state index contributed by atoms with van der Waals surface area (Å²) in [5.41, 5.74) is 0. The highest BCUT2D eigenvalue weighted by Crippen LogP contribution is 2.12. The Bertz CT molecular complexity index is 665. The number of aliphatic carboxylic acids is 1. The average Bonchev–Trinajstić information content (AvgIpc) is 2.91. The van der Waals surface area contributed by atoms with Gasteiger partial charge in [0.1, 0.15) is 13.2 Å². The first-order valence-electron chi connectivity index (χ1n) is 16.2. The third-order valence-electron chi connectivity index (χ3n) is 6.86. The van der Waals surface area contributed by atoms with Crippen LogP contribution in [0, 0.1) is 0 Å². The quantitative estimate of drug-likeness (QED) is 0.0448. The van der Waals surface area contributed by atoms with E-state index in [0.29, 0.717) is 17.4 Å². The van der Waals surface area contributed by atoms with Crippen LogP contribution in [0.1, 0.15) is 129 Å². The molecule has 9 nitrogen and oxygen atoms in total. The van der Waals surface area contributed by atoms with Crippen LogP contribution in [-0.4, -0.2) is 87.4 Å². The van der Waals surface area contributed by atoms with E-state index in [-0.39, 0.29) is 32.2 Å². The Morgan fingerprint density at radius 1 is 0.634 bits per heavy atom. The maximum atomic E-state index is 12.5. The normalized spacial score (nSPS) is 13.1. The maximum Gasteiger partial charge on any atom is 0.361 e. The molecule has 0 rings (SSSR count). The molecule has 2 unspecified atom stereocenters. The first-order valence-corrected chi connectivity index (χ1v) is 16.2. The van der Waals surface area contributed by atoms with Gasteiger partial charge in [-0.2, -0.15) is 0 Å². The van der Waals surface area contributed by atoms with Crippen LogP contribution in [0.2, 0.25) is 0 Å². The highest BCUT2D eigenvalue weighted by Gasteiger charge is 2.25. The lowest BCUT2D eigenvalue weighted by atomic mass is 10.1. The predicted octanol–water partition coefficient (Wildman–Crippen LogP) is 6.65. The first-order chi connectivity index (χ1) is 19.6. The largest absolute Gasteiger partial charge is 0.477 e. The van der Waals surface area contributed by atoms with E-state index < -0.39 is 24.3 Å². The van der Waals surface area contributed by atoms with Crippen molar-refractivity contribution in [3.05, 3.63) is 0 Å². The molecule has 242 valence electrons. The van der Waals surface area contributed by atoms with Crippen LogP contribution in [0.15, 0.2) is 0 Å². The van der Waals surface area contributed by atoms with Crippen molar-refractivity contribution in [2.45, 2.75) is 142 Å². The van der Waals surface area contributed by atoms with Crippen molar-refractivity contribution in [1.29, 1.82) is 0 Å². The molecule has 0 aliphatic carbocycles. The van der Waals surface area contributed by atoms with Crippen LogP contribution in [0.25, 0.3) is 0 Å². The molecule has 0 amide bonds. The summed E-state index contributed by atoms with van der Waals surface area (Å²) in [7, 11) is 5.93. The van der Waals surface area contributed by atoms with Gasteiger partial charge in [0.25, 0.3) is 6.29 Å². The van der Waals surface area contributed by atoms with Crippen molar-refractivity contribution in [3.63, 3.8) is 0 Å². The Hall–Kier alpha value is -1.71. The third kappa shape index (κ3) is 26.9. The Kier molecular flexibility index (Phi) is 24.9. The van der Waals surface area contributed by atoms with Gasteiger partial charge in [-0.15, -0.1) is 0 Å². The zero-order valence-electron chi connectivity index (χ0n) is 27.0. The van der Waals surface area contributed by atoms with E-state index in [1.54, 1.807) is 0 Å². The molecule has 1 N–H and O–H groups in total. The van der Waals surface area contributed by atoms with E-state index in [4.69, 9.17) is 18.9 Å². The lowest BCUT2D eigenvalue weighted by Crippen LogP contribution is -2.40. The molecule has 41 heavy (non-hydrogen) atoms. The number of hydrogen-bond donors (Lipinski definition) is 1. The minimum atomic E-state index is -1.50. The second kappa shape index (κ2) is 26.0. The summed E-state index contributed by atoms with van der Waals surface area (Å²) in [6, 6.07) is 0. The number of unbranched alkanes of at least 4 members (excludes halogenated alkanes) is 14. The van der Waals surface area contributed by atoms with Gasteiger partial charge in [-0.25, -0.2) is 4.79 Å². The third-order valence-corrected chi connectivity index (χ3v) is 6.86. The van der Waals surface area contributed by atoms with Crippen LogP contribution < -0.4 is 0 Å². The first kappa shape index (κ1) is 39.3. The number of carboxylic acids is 1. The van der Waals surface area contributed by atoms with E-state index in [1.807, 2.05) is 21.1 Å². The van der Waals surface area contributed by atoms with E-state index in [0.717, 1.165) is 38.5 Å². The molecule has 0 bridgehead atoms. The summed E-state index contributed by atoms with van der Waals surface area (Å²) >= 11 is 0. The average molecular weight is 589 g/mol. The molecule has 9 heteroatoms. The molecular formula is C32H62NO8+. The number of quaternary nitrogens is 1. The van der Waals surface area contributed by atoms with Gasteiger partial charge in [0.2, 0.25) is 0 Å². The number of nitrogens with zero attached hydrogens (tertiary/aromatic N) is 1. The highest BCUT2D eigenvalue weighted by atomic mass is 16.7. The van der Waals surface area contributed by atoms with Gasteiger partial charge in [-0.1, -0.05) is 104 Å². The lowest BCUT2D eigenvalue weighted by Gasteiger charge is -2.25. The van der Waals surface area contributed by atoms with Gasteiger partial charge >= 0.3 is 17.9 Å². The minimum absolute atomic E-state index is 0.176. The van der Waals surface area contributed by atoms with Gasteiger partial charge in [0.15, 0.2) is 6.10 Å². The van der Waals surface area contributed by atoms with Crippen LogP contribution in [0.5, 0.6) is 0 Å². The molecule has 0 spiro atoms. The molecule has 0 fully saturated rings. The van der Waals surface area contributed by atoms with Crippen LogP contribution in [0.3, 0.4) is 0 Å². The molecule has 0 aromatic heterocycles. The number of carbonyl (C=O) groups excluding carboxylic acids is 2. The monoisotopic (exact) mass is 588 g/mol. The van der Waals surface area contributed by atoms with Gasteiger partial charge < -0.3 is 28.5 Å². The number of carbonyl (C=O) groups is 3.